The summed E-state index contributed by atoms with van der Waals surface area (Å²) in [5.74, 6) is 0. The molecule has 100 valence electrons. The molecule has 0 spiro atoms. The minimum absolute atomic E-state index is 0. The average molecular weight is 316 g/mol. The van der Waals surface area contributed by atoms with Crippen molar-refractivity contribution < 1.29 is 19.5 Å². The number of hydrogen-bond acceptors (Lipinski definition) is 1. The van der Waals surface area contributed by atoms with Gasteiger partial charge in [0.1, 0.15) is 0 Å². The SMILES string of the molecule is CCCNC(C)[c-]1cccc1.[Ru].[cH-]1[cH-][cH-][cH-][cH-]1. The van der Waals surface area contributed by atoms with Crippen LogP contribution in [0.2, 0.25) is 0 Å². The van der Waals surface area contributed by atoms with Gasteiger partial charge in [0.2, 0.25) is 0 Å². The molecule has 17 heavy (non-hydrogen) atoms. The quantitative estimate of drug-likeness (QED) is 0.667. The van der Waals surface area contributed by atoms with Crippen LogP contribution in [0.3, 0.4) is 0 Å². The van der Waals surface area contributed by atoms with E-state index < -0.39 is 0 Å². The van der Waals surface area contributed by atoms with Crippen LogP contribution in [0.1, 0.15) is 31.9 Å². The Morgan fingerprint density at radius 1 is 1.06 bits per heavy atom. The van der Waals surface area contributed by atoms with Gasteiger partial charge in [-0.2, -0.15) is 12.1 Å². The first-order valence-electron chi connectivity index (χ1n) is 5.96. The van der Waals surface area contributed by atoms with Crippen molar-refractivity contribution in [2.75, 3.05) is 6.54 Å². The molecule has 1 atom stereocenters. The van der Waals surface area contributed by atoms with E-state index in [1.165, 1.54) is 12.0 Å². The maximum atomic E-state index is 3.43. The van der Waals surface area contributed by atoms with Crippen LogP contribution in [-0.4, -0.2) is 6.54 Å². The molecule has 0 heterocycles. The maximum absolute atomic E-state index is 3.43. The fraction of sp³-hybridized carbons (Fsp3) is 0.333. The molecule has 2 aromatic rings. The molecule has 2 aromatic carbocycles. The molecule has 0 saturated carbocycles. The van der Waals surface area contributed by atoms with Crippen molar-refractivity contribution in [3.63, 3.8) is 0 Å². The van der Waals surface area contributed by atoms with Crippen molar-refractivity contribution in [2.24, 2.45) is 0 Å². The van der Waals surface area contributed by atoms with Gasteiger partial charge < -0.3 is 35.6 Å². The van der Waals surface area contributed by atoms with Gasteiger partial charge in [0.25, 0.3) is 0 Å². The predicted octanol–water partition coefficient (Wildman–Crippen LogP) is 3.87. The van der Waals surface area contributed by atoms with E-state index >= 15 is 0 Å². The third-order valence-corrected chi connectivity index (χ3v) is 2.44. The normalized spacial score (nSPS) is 10.9. The van der Waals surface area contributed by atoms with Crippen molar-refractivity contribution in [1.82, 2.24) is 5.32 Å². The Kier molecular flexibility index (Phi) is 10.00. The molecular weight excluding hydrogens is 295 g/mol. The van der Waals surface area contributed by atoms with Gasteiger partial charge in [-0.1, -0.05) is 13.8 Å². The largest absolute Gasteiger partial charge is 0.748 e. The van der Waals surface area contributed by atoms with Gasteiger partial charge in [0.15, 0.2) is 0 Å². The predicted molar refractivity (Wildman–Crippen MR) is 70.8 cm³/mol. The Balaban J connectivity index is 0.000000360. The molecule has 0 aromatic heterocycles. The molecule has 1 nitrogen and oxygen atoms in total. The van der Waals surface area contributed by atoms with Crippen LogP contribution in [0.4, 0.5) is 0 Å². The van der Waals surface area contributed by atoms with Crippen molar-refractivity contribution in [3.05, 3.63) is 60.2 Å². The summed E-state index contributed by atoms with van der Waals surface area (Å²) >= 11 is 0. The molecule has 0 radical (unpaired) electrons. The number of rotatable bonds is 4. The molecule has 0 saturated heterocycles. The summed E-state index contributed by atoms with van der Waals surface area (Å²) in [5, 5.41) is 3.43. The zero-order chi connectivity index (χ0) is 11.6. The van der Waals surface area contributed by atoms with Crippen LogP contribution in [0, 0.1) is 0 Å². The van der Waals surface area contributed by atoms with Gasteiger partial charge in [-0.3, -0.25) is 0 Å². The zero-order valence-corrected chi connectivity index (χ0v) is 12.3. The first-order chi connectivity index (χ1) is 7.84. The Morgan fingerprint density at radius 3 is 1.94 bits per heavy atom. The summed E-state index contributed by atoms with van der Waals surface area (Å²) in [7, 11) is 0. The van der Waals surface area contributed by atoms with E-state index in [2.05, 4.69) is 43.4 Å². The van der Waals surface area contributed by atoms with Gasteiger partial charge in [0.05, 0.1) is 0 Å². The smallest absolute Gasteiger partial charge is 0 e. The molecule has 0 amide bonds. The third-order valence-electron chi connectivity index (χ3n) is 2.44. The Labute approximate surface area is 118 Å². The molecule has 2 rings (SSSR count). The van der Waals surface area contributed by atoms with Crippen LogP contribution in [0.5, 0.6) is 0 Å². The van der Waals surface area contributed by atoms with Gasteiger partial charge in [-0.15, -0.1) is 5.56 Å². The molecule has 0 fully saturated rings. The summed E-state index contributed by atoms with van der Waals surface area (Å²) in [5.41, 5.74) is 1.39. The molecular formula is C15H21NRu-6. The summed E-state index contributed by atoms with van der Waals surface area (Å²) in [6.45, 7) is 5.49. The zero-order valence-electron chi connectivity index (χ0n) is 10.5. The van der Waals surface area contributed by atoms with Crippen LogP contribution >= 0.6 is 0 Å². The van der Waals surface area contributed by atoms with E-state index in [0.29, 0.717) is 6.04 Å². The second-order valence-corrected chi connectivity index (χ2v) is 3.86. The third kappa shape index (κ3) is 7.25. The van der Waals surface area contributed by atoms with Crippen LogP contribution in [0.15, 0.2) is 54.6 Å². The minimum atomic E-state index is 0. The molecule has 0 bridgehead atoms. The number of nitrogens with one attached hydrogen (secondary N) is 1. The second kappa shape index (κ2) is 10.4. The van der Waals surface area contributed by atoms with Crippen molar-refractivity contribution in [2.45, 2.75) is 26.3 Å². The van der Waals surface area contributed by atoms with Crippen molar-refractivity contribution >= 4 is 0 Å². The van der Waals surface area contributed by atoms with Crippen LogP contribution in [-0.2, 0) is 19.5 Å². The summed E-state index contributed by atoms with van der Waals surface area (Å²) in [4.78, 5) is 0. The van der Waals surface area contributed by atoms with Crippen molar-refractivity contribution in [3.8, 4) is 0 Å². The molecule has 0 aliphatic carbocycles. The second-order valence-electron chi connectivity index (χ2n) is 3.86. The van der Waals surface area contributed by atoms with Crippen molar-refractivity contribution in [1.29, 1.82) is 0 Å². The van der Waals surface area contributed by atoms with E-state index in [4.69, 9.17) is 0 Å². The Hall–Kier alpha value is -0.717. The van der Waals surface area contributed by atoms with E-state index in [-0.39, 0.29) is 19.5 Å². The summed E-state index contributed by atoms with van der Waals surface area (Å²) < 4.78 is 0. The van der Waals surface area contributed by atoms with E-state index in [0.717, 1.165) is 6.54 Å². The van der Waals surface area contributed by atoms with E-state index in [1.807, 2.05) is 30.3 Å². The summed E-state index contributed by atoms with van der Waals surface area (Å²) in [6.07, 6.45) is 1.20. The first kappa shape index (κ1) is 16.3. The van der Waals surface area contributed by atoms with Gasteiger partial charge in [-0.05, 0) is 19.0 Å². The van der Waals surface area contributed by atoms with Crippen LogP contribution < -0.4 is 5.32 Å². The molecule has 0 aliphatic heterocycles. The maximum Gasteiger partial charge on any atom is 0 e. The molecule has 0 aliphatic rings. The minimum Gasteiger partial charge on any atom is -0.748 e. The number of hydrogen-bond donors (Lipinski definition) is 1. The van der Waals surface area contributed by atoms with Gasteiger partial charge in [0, 0.05) is 19.5 Å². The van der Waals surface area contributed by atoms with Gasteiger partial charge >= 0.3 is 0 Å². The summed E-state index contributed by atoms with van der Waals surface area (Å²) in [6, 6.07) is 19.0. The van der Waals surface area contributed by atoms with E-state index in [1.54, 1.807) is 0 Å². The fourth-order valence-electron chi connectivity index (χ4n) is 1.48. The Bertz CT molecular complexity index is 306. The molecule has 1 N–H and O–H groups in total. The fourth-order valence-corrected chi connectivity index (χ4v) is 1.48. The van der Waals surface area contributed by atoms with Gasteiger partial charge in [-0.25, -0.2) is 12.1 Å². The first-order valence-corrected chi connectivity index (χ1v) is 5.96. The molecule has 1 unspecified atom stereocenters. The standard InChI is InChI=1S/C10H16N.C5H5.Ru/c1-3-8-11-9(2)10-6-4-5-7-10;1-2-4-5-3-1;/h4-7,9,11H,3,8H2,1-2H3;1-5H;/q-1;-5;. The monoisotopic (exact) mass is 317 g/mol. The topological polar surface area (TPSA) is 12.0 Å². The Morgan fingerprint density at radius 2 is 1.53 bits per heavy atom. The van der Waals surface area contributed by atoms with Crippen LogP contribution in [0.25, 0.3) is 0 Å². The molecule has 2 heteroatoms. The van der Waals surface area contributed by atoms with E-state index in [9.17, 15) is 0 Å². The average Bonchev–Trinajstić information content (AvgIpc) is 2.98.